The average molecular weight is 388 g/mol. The van der Waals surface area contributed by atoms with Gasteiger partial charge < -0.3 is 33.5 Å². The van der Waals surface area contributed by atoms with Crippen LogP contribution in [0.25, 0.3) is 0 Å². The van der Waals surface area contributed by atoms with E-state index in [1.165, 1.54) is 6.92 Å². The summed E-state index contributed by atoms with van der Waals surface area (Å²) in [6, 6.07) is 0. The minimum Gasteiger partial charge on any atom is -0.457 e. The molecule has 0 aromatic rings. The van der Waals surface area contributed by atoms with Gasteiger partial charge in [-0.05, 0) is 34.6 Å². The third-order valence-corrected chi connectivity index (χ3v) is 5.67. The van der Waals surface area contributed by atoms with Crippen molar-refractivity contribution in [3.8, 4) is 0 Å². The highest BCUT2D eigenvalue weighted by Gasteiger charge is 2.55. The largest absolute Gasteiger partial charge is 0.457 e. The van der Waals surface area contributed by atoms with Crippen molar-refractivity contribution in [2.24, 2.45) is 5.92 Å². The Balaban J connectivity index is 1.82. The maximum Gasteiger partial charge on any atom is 0.303 e. The van der Waals surface area contributed by atoms with Gasteiger partial charge in [0.2, 0.25) is 0 Å². The quantitative estimate of drug-likeness (QED) is 0.725. The van der Waals surface area contributed by atoms with Crippen molar-refractivity contribution in [2.45, 2.75) is 109 Å². The van der Waals surface area contributed by atoms with Crippen LogP contribution in [0.4, 0.5) is 0 Å². The van der Waals surface area contributed by atoms with E-state index in [0.717, 1.165) is 0 Å². The number of esters is 1. The first-order valence-corrected chi connectivity index (χ1v) is 9.67. The maximum absolute atomic E-state index is 11.6. The summed E-state index contributed by atoms with van der Waals surface area (Å²) in [5.41, 5.74) is 0. The van der Waals surface area contributed by atoms with Gasteiger partial charge in [-0.2, -0.15) is 0 Å². The molecule has 0 saturated carbocycles. The van der Waals surface area contributed by atoms with Gasteiger partial charge >= 0.3 is 5.97 Å². The number of aliphatic hydroxyl groups excluding tert-OH is 1. The van der Waals surface area contributed by atoms with Gasteiger partial charge in [0.15, 0.2) is 18.2 Å². The molecule has 156 valence electrons. The first kappa shape index (κ1) is 21.0. The molecule has 3 aliphatic heterocycles. The zero-order chi connectivity index (χ0) is 20.1. The standard InChI is InChI=1S/C19H32O8/c1-8-9(2)23-18(17-14(8)26-19(6,7)27-17)25-16-13(21)10(3)22-11(4)15(16)24-12(5)20/h8-11,13-18,21H,1-7H3/t8?,9?,10-,11?,13+,14-,15-,16?,17?,18+/m1/s1. The highest BCUT2D eigenvalue weighted by atomic mass is 16.8. The molecule has 3 aliphatic rings. The summed E-state index contributed by atoms with van der Waals surface area (Å²) in [5, 5.41) is 10.7. The van der Waals surface area contributed by atoms with E-state index in [1.54, 1.807) is 13.8 Å². The molecule has 0 spiro atoms. The van der Waals surface area contributed by atoms with Crippen LogP contribution in [-0.4, -0.2) is 72.0 Å². The van der Waals surface area contributed by atoms with Crippen molar-refractivity contribution >= 4 is 5.97 Å². The molecule has 0 aromatic carbocycles. The second-order valence-electron chi connectivity index (χ2n) is 8.35. The molecule has 3 saturated heterocycles. The average Bonchev–Trinajstić information content (AvgIpc) is 2.89. The van der Waals surface area contributed by atoms with Crippen LogP contribution in [0.3, 0.4) is 0 Å². The normalized spacial score (nSPS) is 49.5. The van der Waals surface area contributed by atoms with Crippen LogP contribution in [-0.2, 0) is 33.2 Å². The SMILES string of the molecule is CC(=O)O[C@@H]1C(C)O[C@H](C)[C@H](O)C1O[C@@H]1OC(C)C(C)[C@H]2OC(C)(C)OC12. The number of rotatable bonds is 3. The molecule has 0 aliphatic carbocycles. The van der Waals surface area contributed by atoms with E-state index in [2.05, 4.69) is 6.92 Å². The van der Waals surface area contributed by atoms with Crippen molar-refractivity contribution in [3.63, 3.8) is 0 Å². The molecule has 0 radical (unpaired) electrons. The smallest absolute Gasteiger partial charge is 0.303 e. The van der Waals surface area contributed by atoms with Crippen molar-refractivity contribution in [2.75, 3.05) is 0 Å². The van der Waals surface area contributed by atoms with Crippen molar-refractivity contribution in [3.05, 3.63) is 0 Å². The van der Waals surface area contributed by atoms with Gasteiger partial charge in [0.25, 0.3) is 0 Å². The van der Waals surface area contributed by atoms with Crippen LogP contribution in [0.15, 0.2) is 0 Å². The molecule has 1 N–H and O–H groups in total. The first-order valence-electron chi connectivity index (χ1n) is 9.67. The fraction of sp³-hybridized carbons (Fsp3) is 0.947. The summed E-state index contributed by atoms with van der Waals surface area (Å²) in [4.78, 5) is 11.6. The van der Waals surface area contributed by atoms with E-state index >= 15 is 0 Å². The zero-order valence-electron chi connectivity index (χ0n) is 17.1. The second-order valence-corrected chi connectivity index (χ2v) is 8.35. The third kappa shape index (κ3) is 4.16. The lowest BCUT2D eigenvalue weighted by atomic mass is 9.91. The summed E-state index contributed by atoms with van der Waals surface area (Å²) in [5.74, 6) is -1.09. The van der Waals surface area contributed by atoms with Crippen LogP contribution in [0.2, 0.25) is 0 Å². The molecule has 0 aromatic heterocycles. The van der Waals surface area contributed by atoms with E-state index < -0.39 is 54.7 Å². The molecule has 3 fully saturated rings. The lowest BCUT2D eigenvalue weighted by Crippen LogP contribution is -2.61. The van der Waals surface area contributed by atoms with E-state index in [4.69, 9.17) is 28.4 Å². The third-order valence-electron chi connectivity index (χ3n) is 5.67. The summed E-state index contributed by atoms with van der Waals surface area (Å²) in [6.07, 6.45) is -4.91. The van der Waals surface area contributed by atoms with Crippen LogP contribution in [0, 0.1) is 5.92 Å². The highest BCUT2D eigenvalue weighted by molar-refractivity contribution is 5.66. The van der Waals surface area contributed by atoms with E-state index in [9.17, 15) is 9.90 Å². The van der Waals surface area contributed by atoms with Gasteiger partial charge in [-0.1, -0.05) is 6.92 Å². The Kier molecular flexibility index (Phi) is 5.88. The van der Waals surface area contributed by atoms with Crippen LogP contribution >= 0.6 is 0 Å². The van der Waals surface area contributed by atoms with Gasteiger partial charge in [-0.15, -0.1) is 0 Å². The summed E-state index contributed by atoms with van der Waals surface area (Å²) in [7, 11) is 0. The monoisotopic (exact) mass is 388 g/mol. The van der Waals surface area contributed by atoms with Crippen LogP contribution < -0.4 is 0 Å². The number of aliphatic hydroxyl groups is 1. The maximum atomic E-state index is 11.6. The van der Waals surface area contributed by atoms with Crippen molar-refractivity contribution < 1.29 is 38.3 Å². The topological polar surface area (TPSA) is 92.7 Å². The number of fused-ring (bicyclic) bond motifs is 1. The predicted octanol–water partition coefficient (Wildman–Crippen LogP) is 1.37. The predicted molar refractivity (Wildman–Crippen MR) is 93.8 cm³/mol. The van der Waals surface area contributed by atoms with E-state index in [-0.39, 0.29) is 18.1 Å². The van der Waals surface area contributed by atoms with Crippen molar-refractivity contribution in [1.82, 2.24) is 0 Å². The fourth-order valence-electron chi connectivity index (χ4n) is 4.12. The molecule has 3 rings (SSSR count). The molecule has 8 nitrogen and oxygen atoms in total. The van der Waals surface area contributed by atoms with Gasteiger partial charge in [-0.25, -0.2) is 0 Å². The summed E-state index contributed by atoms with van der Waals surface area (Å²) < 4.78 is 35.4. The fourth-order valence-corrected chi connectivity index (χ4v) is 4.12. The lowest BCUT2D eigenvalue weighted by molar-refractivity contribution is -0.318. The van der Waals surface area contributed by atoms with E-state index in [1.807, 2.05) is 20.8 Å². The number of carbonyl (C=O) groups is 1. The Morgan fingerprint density at radius 3 is 2.19 bits per heavy atom. The molecule has 0 bridgehead atoms. The van der Waals surface area contributed by atoms with Crippen LogP contribution in [0.1, 0.15) is 48.5 Å². The Hall–Kier alpha value is -0.770. The number of hydrogen-bond acceptors (Lipinski definition) is 8. The molecular weight excluding hydrogens is 356 g/mol. The molecule has 0 amide bonds. The number of hydrogen-bond donors (Lipinski definition) is 1. The minimum atomic E-state index is -0.974. The first-order chi connectivity index (χ1) is 12.5. The Morgan fingerprint density at radius 2 is 1.56 bits per heavy atom. The van der Waals surface area contributed by atoms with Gasteiger partial charge in [0, 0.05) is 12.8 Å². The van der Waals surface area contributed by atoms with Gasteiger partial charge in [0.1, 0.15) is 18.3 Å². The lowest BCUT2D eigenvalue weighted by Gasteiger charge is -2.46. The molecule has 27 heavy (non-hydrogen) atoms. The number of carbonyl (C=O) groups excluding carboxylic acids is 1. The molecular formula is C19H32O8. The van der Waals surface area contributed by atoms with Crippen molar-refractivity contribution in [1.29, 1.82) is 0 Å². The molecule has 5 unspecified atom stereocenters. The Morgan fingerprint density at radius 1 is 0.926 bits per heavy atom. The molecule has 10 atom stereocenters. The summed E-state index contributed by atoms with van der Waals surface area (Å²) in [6.45, 7) is 12.6. The molecule has 8 heteroatoms. The van der Waals surface area contributed by atoms with Gasteiger partial charge in [0.05, 0.1) is 24.4 Å². The Bertz CT molecular complexity index is 552. The molecule has 3 heterocycles. The van der Waals surface area contributed by atoms with E-state index in [0.29, 0.717) is 0 Å². The second kappa shape index (κ2) is 7.57. The van der Waals surface area contributed by atoms with Gasteiger partial charge in [-0.3, -0.25) is 4.79 Å². The number of ether oxygens (including phenoxy) is 6. The summed E-state index contributed by atoms with van der Waals surface area (Å²) >= 11 is 0. The minimum absolute atomic E-state index is 0.118. The highest BCUT2D eigenvalue weighted by Crippen LogP contribution is 2.41. The zero-order valence-corrected chi connectivity index (χ0v) is 17.1. The van der Waals surface area contributed by atoms with Crippen LogP contribution in [0.5, 0.6) is 0 Å². The Labute approximate surface area is 160 Å².